The quantitative estimate of drug-likeness (QED) is 0.466. The molecule has 10 nitrogen and oxygen atoms in total. The Morgan fingerprint density at radius 1 is 1.53 bits per heavy atom. The van der Waals surface area contributed by atoms with Crippen LogP contribution in [0.15, 0.2) is 6.33 Å². The molecule has 1 rings (SSSR count). The van der Waals surface area contributed by atoms with Gasteiger partial charge in [0.05, 0.1) is 13.0 Å². The second-order valence-electron chi connectivity index (χ2n) is 3.72. The first-order valence-electron chi connectivity index (χ1n) is 5.28. The van der Waals surface area contributed by atoms with Crippen LogP contribution in [0.5, 0.6) is 0 Å². The predicted octanol–water partition coefficient (Wildman–Crippen LogP) is -2.06. The van der Waals surface area contributed by atoms with E-state index in [4.69, 9.17) is 10.8 Å². The largest absolute Gasteiger partial charge is 0.480 e. The first kappa shape index (κ1) is 14.4. The number of hydrogen-bond donors (Lipinski definition) is 4. The Hall–Kier alpha value is -2.65. The number of amides is 3. The van der Waals surface area contributed by atoms with Crippen LogP contribution in [0.4, 0.5) is 4.79 Å². The maximum atomic E-state index is 11.4. The number of nitrogens with one attached hydrogen (secondary N) is 2. The maximum Gasteiger partial charge on any atom is 0.326 e. The average molecular weight is 270 g/mol. The molecule has 1 unspecified atom stereocenters. The molecule has 1 atom stereocenters. The van der Waals surface area contributed by atoms with E-state index in [1.54, 1.807) is 7.05 Å². The standard InChI is InChI=1S/C9H14N6O4/c1-15-4-12-7(14-15)3-11-9(19)13-5(8(17)18)2-6(10)16/h4-5H,2-3H2,1H3,(H2,10,16)(H,17,18)(H2,11,13,19). The van der Waals surface area contributed by atoms with Crippen molar-refractivity contribution in [1.82, 2.24) is 25.4 Å². The van der Waals surface area contributed by atoms with Crippen LogP contribution >= 0.6 is 0 Å². The summed E-state index contributed by atoms with van der Waals surface area (Å²) in [5.41, 5.74) is 4.88. The second kappa shape index (κ2) is 6.33. The van der Waals surface area contributed by atoms with Crippen molar-refractivity contribution in [2.45, 2.75) is 19.0 Å². The first-order chi connectivity index (χ1) is 8.88. The van der Waals surface area contributed by atoms with Crippen molar-refractivity contribution in [1.29, 1.82) is 0 Å². The molecule has 5 N–H and O–H groups in total. The molecule has 104 valence electrons. The maximum absolute atomic E-state index is 11.4. The normalized spacial score (nSPS) is 11.6. The molecule has 0 bridgehead atoms. The van der Waals surface area contributed by atoms with Gasteiger partial charge in [-0.2, -0.15) is 5.10 Å². The van der Waals surface area contributed by atoms with Crippen molar-refractivity contribution >= 4 is 17.9 Å². The molecular formula is C9H14N6O4. The monoisotopic (exact) mass is 270 g/mol. The molecule has 1 heterocycles. The number of carbonyl (C=O) groups is 3. The highest BCUT2D eigenvalue weighted by molar-refractivity contribution is 5.87. The highest BCUT2D eigenvalue weighted by Crippen LogP contribution is 1.92. The summed E-state index contributed by atoms with van der Waals surface area (Å²) in [7, 11) is 1.67. The molecule has 0 spiro atoms. The van der Waals surface area contributed by atoms with Crippen molar-refractivity contribution in [2.75, 3.05) is 0 Å². The summed E-state index contributed by atoms with van der Waals surface area (Å²) in [6.07, 6.45) is 0.979. The van der Waals surface area contributed by atoms with Gasteiger partial charge in [-0.1, -0.05) is 0 Å². The minimum absolute atomic E-state index is 0.0373. The van der Waals surface area contributed by atoms with E-state index in [9.17, 15) is 14.4 Å². The van der Waals surface area contributed by atoms with Gasteiger partial charge in [-0.3, -0.25) is 9.48 Å². The van der Waals surface area contributed by atoms with Gasteiger partial charge in [-0.15, -0.1) is 0 Å². The predicted molar refractivity (Wildman–Crippen MR) is 61.6 cm³/mol. The summed E-state index contributed by atoms with van der Waals surface area (Å²) in [6, 6.07) is -2.12. The summed E-state index contributed by atoms with van der Waals surface area (Å²) in [4.78, 5) is 36.7. The lowest BCUT2D eigenvalue weighted by Gasteiger charge is -2.12. The summed E-state index contributed by atoms with van der Waals surface area (Å²) in [5.74, 6) is -1.79. The second-order valence-corrected chi connectivity index (χ2v) is 3.72. The van der Waals surface area contributed by atoms with E-state index < -0.39 is 30.4 Å². The fourth-order valence-corrected chi connectivity index (χ4v) is 1.23. The van der Waals surface area contributed by atoms with Crippen LogP contribution in [0.1, 0.15) is 12.2 Å². The summed E-state index contributed by atoms with van der Waals surface area (Å²) >= 11 is 0. The molecule has 19 heavy (non-hydrogen) atoms. The van der Waals surface area contributed by atoms with Crippen molar-refractivity contribution < 1.29 is 19.5 Å². The van der Waals surface area contributed by atoms with Gasteiger partial charge in [-0.05, 0) is 0 Å². The molecule has 0 saturated carbocycles. The zero-order chi connectivity index (χ0) is 14.4. The average Bonchev–Trinajstić information content (AvgIpc) is 2.71. The fourth-order valence-electron chi connectivity index (χ4n) is 1.23. The minimum Gasteiger partial charge on any atom is -0.480 e. The Morgan fingerprint density at radius 3 is 2.68 bits per heavy atom. The van der Waals surface area contributed by atoms with E-state index in [0.717, 1.165) is 0 Å². The van der Waals surface area contributed by atoms with Crippen LogP contribution in [0.2, 0.25) is 0 Å². The summed E-state index contributed by atoms with van der Waals surface area (Å²) < 4.78 is 1.46. The van der Waals surface area contributed by atoms with E-state index in [-0.39, 0.29) is 6.54 Å². The molecular weight excluding hydrogens is 256 g/mol. The highest BCUT2D eigenvalue weighted by atomic mass is 16.4. The Labute approximate surface area is 108 Å². The zero-order valence-electron chi connectivity index (χ0n) is 10.2. The van der Waals surface area contributed by atoms with E-state index in [1.165, 1.54) is 11.0 Å². The molecule has 0 saturated heterocycles. The van der Waals surface area contributed by atoms with Crippen molar-refractivity contribution in [2.24, 2.45) is 12.8 Å². The molecule has 0 radical (unpaired) electrons. The lowest BCUT2D eigenvalue weighted by Crippen LogP contribution is -2.47. The zero-order valence-corrected chi connectivity index (χ0v) is 10.2. The Balaban J connectivity index is 2.44. The summed E-state index contributed by atoms with van der Waals surface area (Å²) in [5, 5.41) is 17.2. The van der Waals surface area contributed by atoms with E-state index in [2.05, 4.69) is 20.7 Å². The van der Waals surface area contributed by atoms with Gasteiger partial charge >= 0.3 is 12.0 Å². The minimum atomic E-state index is -1.37. The van der Waals surface area contributed by atoms with Crippen LogP contribution < -0.4 is 16.4 Å². The number of nitrogens with zero attached hydrogens (tertiary/aromatic N) is 3. The van der Waals surface area contributed by atoms with Gasteiger partial charge in [-0.25, -0.2) is 14.6 Å². The van der Waals surface area contributed by atoms with Crippen LogP contribution in [0.25, 0.3) is 0 Å². The highest BCUT2D eigenvalue weighted by Gasteiger charge is 2.21. The number of carboxylic acids is 1. The number of nitrogens with two attached hydrogens (primary N) is 1. The van der Waals surface area contributed by atoms with Crippen LogP contribution in [0.3, 0.4) is 0 Å². The Morgan fingerprint density at radius 2 is 2.21 bits per heavy atom. The number of hydrogen-bond acceptors (Lipinski definition) is 5. The van der Waals surface area contributed by atoms with Crippen molar-refractivity contribution in [3.63, 3.8) is 0 Å². The van der Waals surface area contributed by atoms with Crippen LogP contribution in [-0.2, 0) is 23.2 Å². The lowest BCUT2D eigenvalue weighted by atomic mass is 10.2. The van der Waals surface area contributed by atoms with Gasteiger partial charge in [0.1, 0.15) is 12.4 Å². The molecule has 0 aliphatic heterocycles. The Bertz CT molecular complexity index is 485. The van der Waals surface area contributed by atoms with Gasteiger partial charge in [0.25, 0.3) is 0 Å². The number of carboxylic acid groups (broad SMARTS) is 1. The molecule has 10 heteroatoms. The number of urea groups is 1. The van der Waals surface area contributed by atoms with Gasteiger partial charge < -0.3 is 21.5 Å². The molecule has 1 aromatic rings. The molecule has 0 aliphatic rings. The van der Waals surface area contributed by atoms with E-state index in [0.29, 0.717) is 5.82 Å². The van der Waals surface area contributed by atoms with Crippen LogP contribution in [0, 0.1) is 0 Å². The number of aryl methyl sites for hydroxylation is 1. The number of primary amides is 1. The molecule has 0 fully saturated rings. The topological polar surface area (TPSA) is 152 Å². The molecule has 3 amide bonds. The lowest BCUT2D eigenvalue weighted by molar-refractivity contribution is -0.140. The third-order valence-electron chi connectivity index (χ3n) is 2.06. The van der Waals surface area contributed by atoms with Gasteiger partial charge in [0.15, 0.2) is 5.82 Å². The van der Waals surface area contributed by atoms with Crippen molar-refractivity contribution in [3.05, 3.63) is 12.2 Å². The first-order valence-corrected chi connectivity index (χ1v) is 5.28. The number of carbonyl (C=O) groups excluding carboxylic acids is 2. The third kappa shape index (κ3) is 5.02. The molecule has 0 aromatic carbocycles. The fraction of sp³-hybridized carbons (Fsp3) is 0.444. The van der Waals surface area contributed by atoms with E-state index in [1.807, 2.05) is 0 Å². The van der Waals surface area contributed by atoms with Gasteiger partial charge in [0.2, 0.25) is 5.91 Å². The third-order valence-corrected chi connectivity index (χ3v) is 2.06. The Kier molecular flexibility index (Phi) is 4.80. The number of aromatic nitrogens is 3. The summed E-state index contributed by atoms with van der Waals surface area (Å²) in [6.45, 7) is 0.0373. The SMILES string of the molecule is Cn1cnc(CNC(=O)NC(CC(N)=O)C(=O)O)n1. The van der Waals surface area contributed by atoms with E-state index >= 15 is 0 Å². The number of aliphatic carboxylic acids is 1. The molecule has 1 aromatic heterocycles. The number of rotatable bonds is 6. The van der Waals surface area contributed by atoms with Crippen LogP contribution in [-0.4, -0.2) is 43.8 Å². The van der Waals surface area contributed by atoms with Crippen molar-refractivity contribution in [3.8, 4) is 0 Å². The molecule has 0 aliphatic carbocycles. The van der Waals surface area contributed by atoms with Gasteiger partial charge in [0, 0.05) is 7.05 Å². The smallest absolute Gasteiger partial charge is 0.326 e.